The Labute approximate surface area is 193 Å². The minimum atomic E-state index is -0.796. The molecule has 4 rings (SSSR count). The topological polar surface area (TPSA) is 56.8 Å². The van der Waals surface area contributed by atoms with Crippen molar-refractivity contribution in [2.24, 2.45) is 0 Å². The number of aromatic nitrogens is 1. The first-order chi connectivity index (χ1) is 15.5. The Morgan fingerprint density at radius 3 is 2.59 bits per heavy atom. The first-order valence-corrected chi connectivity index (χ1v) is 11.5. The number of piperidine rings is 1. The van der Waals surface area contributed by atoms with Gasteiger partial charge in [0.05, 0.1) is 0 Å². The van der Waals surface area contributed by atoms with E-state index in [1.54, 1.807) is 23.2 Å². The van der Waals surface area contributed by atoms with Crippen molar-refractivity contribution in [2.75, 3.05) is 26.2 Å². The van der Waals surface area contributed by atoms with Gasteiger partial charge in [0.2, 0.25) is 0 Å². The highest BCUT2D eigenvalue weighted by Gasteiger charge is 2.57. The van der Waals surface area contributed by atoms with Crippen LogP contribution in [0, 0.1) is 5.82 Å². The predicted octanol–water partition coefficient (Wildman–Crippen LogP) is 4.13. The van der Waals surface area contributed by atoms with Crippen LogP contribution in [0.1, 0.15) is 37.3 Å². The summed E-state index contributed by atoms with van der Waals surface area (Å²) < 4.78 is 14.2. The molecule has 32 heavy (non-hydrogen) atoms. The lowest BCUT2D eigenvalue weighted by Crippen LogP contribution is -2.56. The van der Waals surface area contributed by atoms with Gasteiger partial charge in [-0.05, 0) is 56.4 Å². The van der Waals surface area contributed by atoms with Gasteiger partial charge in [0.25, 0.3) is 5.91 Å². The molecule has 0 N–H and O–H groups in total. The maximum absolute atomic E-state index is 14.2. The SMILES string of the molecule is CCN1C(=O)N(CCCc2cccnc2)C(=O)C12CCN(Cc1c(F)cccc1Cl)CC2. The molecular weight excluding hydrogens is 431 g/mol. The second-order valence-electron chi connectivity index (χ2n) is 8.46. The van der Waals surface area contributed by atoms with Crippen LogP contribution in [0.2, 0.25) is 5.02 Å². The van der Waals surface area contributed by atoms with Crippen LogP contribution in [0.25, 0.3) is 0 Å². The fourth-order valence-corrected chi connectivity index (χ4v) is 5.10. The summed E-state index contributed by atoms with van der Waals surface area (Å²) in [6.45, 7) is 4.40. The number of benzene rings is 1. The molecule has 1 spiro atoms. The van der Waals surface area contributed by atoms with E-state index in [-0.39, 0.29) is 17.8 Å². The Balaban J connectivity index is 1.41. The number of amides is 3. The van der Waals surface area contributed by atoms with Crippen LogP contribution in [0.15, 0.2) is 42.7 Å². The third-order valence-corrected chi connectivity index (χ3v) is 6.99. The minimum Gasteiger partial charge on any atom is -0.310 e. The number of carbonyl (C=O) groups excluding carboxylic acids is 2. The van der Waals surface area contributed by atoms with E-state index in [9.17, 15) is 14.0 Å². The molecule has 0 aliphatic carbocycles. The zero-order valence-electron chi connectivity index (χ0n) is 18.3. The van der Waals surface area contributed by atoms with Crippen molar-refractivity contribution in [3.05, 3.63) is 64.7 Å². The number of urea groups is 1. The van der Waals surface area contributed by atoms with Gasteiger partial charge in [-0.3, -0.25) is 19.6 Å². The number of likely N-dealkylation sites (N-methyl/N-ethyl adjacent to an activating group) is 1. The van der Waals surface area contributed by atoms with Crippen LogP contribution >= 0.6 is 11.6 Å². The van der Waals surface area contributed by atoms with Crippen molar-refractivity contribution in [2.45, 2.75) is 44.7 Å². The Hall–Kier alpha value is -2.51. The summed E-state index contributed by atoms with van der Waals surface area (Å²) in [5.74, 6) is -0.418. The van der Waals surface area contributed by atoms with Gasteiger partial charge < -0.3 is 4.90 Å². The second kappa shape index (κ2) is 9.55. The molecular formula is C24H28ClFN4O2. The highest BCUT2D eigenvalue weighted by molar-refractivity contribution is 6.31. The van der Waals surface area contributed by atoms with E-state index < -0.39 is 5.54 Å². The highest BCUT2D eigenvalue weighted by atomic mass is 35.5. The molecule has 8 heteroatoms. The fourth-order valence-electron chi connectivity index (χ4n) is 4.88. The Morgan fingerprint density at radius 1 is 1.16 bits per heavy atom. The van der Waals surface area contributed by atoms with Crippen LogP contribution in [0.3, 0.4) is 0 Å². The molecule has 0 unspecified atom stereocenters. The molecule has 2 aromatic rings. The van der Waals surface area contributed by atoms with Gasteiger partial charge in [-0.2, -0.15) is 0 Å². The summed E-state index contributed by atoms with van der Waals surface area (Å²) in [6, 6.07) is 8.38. The zero-order chi connectivity index (χ0) is 22.7. The third-order valence-electron chi connectivity index (χ3n) is 6.63. The van der Waals surface area contributed by atoms with E-state index in [4.69, 9.17) is 11.6 Å². The van der Waals surface area contributed by atoms with Gasteiger partial charge in [0.1, 0.15) is 11.4 Å². The number of hydrogen-bond donors (Lipinski definition) is 0. The minimum absolute atomic E-state index is 0.0980. The molecule has 6 nitrogen and oxygen atoms in total. The van der Waals surface area contributed by atoms with Gasteiger partial charge in [-0.1, -0.05) is 23.7 Å². The highest BCUT2D eigenvalue weighted by Crippen LogP contribution is 2.38. The maximum atomic E-state index is 14.2. The largest absolute Gasteiger partial charge is 0.327 e. The second-order valence-corrected chi connectivity index (χ2v) is 8.86. The van der Waals surface area contributed by atoms with Gasteiger partial charge in [-0.25, -0.2) is 9.18 Å². The average Bonchev–Trinajstić information content (AvgIpc) is 2.99. The number of pyridine rings is 1. The number of carbonyl (C=O) groups is 2. The molecule has 2 aliphatic rings. The maximum Gasteiger partial charge on any atom is 0.327 e. The van der Waals surface area contributed by atoms with E-state index in [1.165, 1.54) is 11.0 Å². The van der Waals surface area contributed by atoms with Crippen molar-refractivity contribution >= 4 is 23.5 Å². The number of nitrogens with zero attached hydrogens (tertiary/aromatic N) is 4. The monoisotopic (exact) mass is 458 g/mol. The van der Waals surface area contributed by atoms with Gasteiger partial charge in [-0.15, -0.1) is 0 Å². The van der Waals surface area contributed by atoms with Crippen LogP contribution in [-0.4, -0.2) is 63.3 Å². The fraction of sp³-hybridized carbons (Fsp3) is 0.458. The van der Waals surface area contributed by atoms with Crippen LogP contribution in [-0.2, 0) is 17.8 Å². The number of rotatable bonds is 7. The van der Waals surface area contributed by atoms with Crippen molar-refractivity contribution in [3.63, 3.8) is 0 Å². The summed E-state index contributed by atoms with van der Waals surface area (Å²) in [5, 5.41) is 0.410. The third kappa shape index (κ3) is 4.24. The van der Waals surface area contributed by atoms with Crippen molar-refractivity contribution in [1.82, 2.24) is 19.7 Å². The Bertz CT molecular complexity index is 959. The normalized spacial score (nSPS) is 18.7. The lowest BCUT2D eigenvalue weighted by molar-refractivity contribution is -0.135. The summed E-state index contributed by atoms with van der Waals surface area (Å²) in [7, 11) is 0. The van der Waals surface area contributed by atoms with Crippen molar-refractivity contribution in [1.29, 1.82) is 0 Å². The molecule has 2 saturated heterocycles. The molecule has 1 aromatic carbocycles. The summed E-state index contributed by atoms with van der Waals surface area (Å²) >= 11 is 6.18. The summed E-state index contributed by atoms with van der Waals surface area (Å²) in [6.07, 6.45) is 6.08. The van der Waals surface area contributed by atoms with Crippen LogP contribution in [0.4, 0.5) is 9.18 Å². The number of halogens is 2. The summed E-state index contributed by atoms with van der Waals surface area (Å²) in [5.41, 5.74) is 0.771. The zero-order valence-corrected chi connectivity index (χ0v) is 19.0. The van der Waals surface area contributed by atoms with E-state index in [2.05, 4.69) is 9.88 Å². The number of imide groups is 1. The predicted molar refractivity (Wildman–Crippen MR) is 121 cm³/mol. The number of aryl methyl sites for hydroxylation is 1. The van der Waals surface area contributed by atoms with Gasteiger partial charge >= 0.3 is 6.03 Å². The van der Waals surface area contributed by atoms with Crippen molar-refractivity contribution < 1.29 is 14.0 Å². The number of likely N-dealkylation sites (tertiary alicyclic amines) is 1. The molecule has 2 aliphatic heterocycles. The molecule has 170 valence electrons. The van der Waals surface area contributed by atoms with E-state index >= 15 is 0 Å². The molecule has 2 fully saturated rings. The first-order valence-electron chi connectivity index (χ1n) is 11.1. The van der Waals surface area contributed by atoms with Crippen molar-refractivity contribution in [3.8, 4) is 0 Å². The van der Waals surface area contributed by atoms with E-state index in [0.29, 0.717) is 62.6 Å². The molecule has 0 saturated carbocycles. The van der Waals surface area contributed by atoms with Crippen LogP contribution < -0.4 is 0 Å². The van der Waals surface area contributed by atoms with Crippen LogP contribution in [0.5, 0.6) is 0 Å². The molecule has 0 bridgehead atoms. The molecule has 1 aromatic heterocycles. The van der Waals surface area contributed by atoms with Gasteiger partial charge in [0, 0.05) is 55.7 Å². The summed E-state index contributed by atoms with van der Waals surface area (Å²) in [4.78, 5) is 35.9. The Kier molecular flexibility index (Phi) is 6.76. The van der Waals surface area contributed by atoms with E-state index in [0.717, 1.165) is 12.0 Å². The lowest BCUT2D eigenvalue weighted by atomic mass is 9.85. The lowest BCUT2D eigenvalue weighted by Gasteiger charge is -2.42. The molecule has 0 atom stereocenters. The van der Waals surface area contributed by atoms with Gasteiger partial charge in [0.15, 0.2) is 0 Å². The standard InChI is InChI=1S/C24H28ClFN4O2/c1-2-30-23(32)29(13-5-7-18-6-4-12-27-16-18)22(31)24(30)10-14-28(15-11-24)17-19-20(25)8-3-9-21(19)26/h3-4,6,8-9,12,16H,2,5,7,10-11,13-15,17H2,1H3. The average molecular weight is 459 g/mol. The molecule has 3 heterocycles. The first kappa shape index (κ1) is 22.7. The molecule has 0 radical (unpaired) electrons. The number of hydrogen-bond acceptors (Lipinski definition) is 4. The smallest absolute Gasteiger partial charge is 0.310 e. The van der Waals surface area contributed by atoms with E-state index in [1.807, 2.05) is 25.3 Å². The quantitative estimate of drug-likeness (QED) is 0.585. The molecule has 3 amide bonds. The Morgan fingerprint density at radius 2 is 1.94 bits per heavy atom.